The molecule has 0 aliphatic rings. The summed E-state index contributed by atoms with van der Waals surface area (Å²) in [5, 5.41) is 0. The van der Waals surface area contributed by atoms with Gasteiger partial charge in [0, 0.05) is 19.4 Å². The van der Waals surface area contributed by atoms with Crippen LogP contribution < -0.4 is 0 Å². The summed E-state index contributed by atoms with van der Waals surface area (Å²) >= 11 is 0. The summed E-state index contributed by atoms with van der Waals surface area (Å²) in [4.78, 5) is 25.5. The van der Waals surface area contributed by atoms with E-state index in [2.05, 4.69) is 154 Å². The Bertz CT molecular complexity index is 1470. The molecular formula is C65H106O5. The van der Waals surface area contributed by atoms with E-state index in [1.54, 1.807) is 0 Å². The predicted molar refractivity (Wildman–Crippen MR) is 306 cm³/mol. The van der Waals surface area contributed by atoms with Crippen LogP contribution in [-0.4, -0.2) is 37.9 Å². The fraction of sp³-hybridized carbons (Fsp3) is 0.631. The minimum absolute atomic E-state index is 0.0493. The number of esters is 2. The molecule has 0 aliphatic carbocycles. The SMILES string of the molecule is CC/C=C\C/C=C\C/C=C\C/C=C\C/C=C\CCCCCC(=O)OCC(COCCCCCCCCC/C=C\C/C=C\C/C=C\C/C=C\CC)OC(=O)CCCCCCC/C=C\C/C=C\CCCCC. The lowest BCUT2D eigenvalue weighted by Gasteiger charge is -2.18. The van der Waals surface area contributed by atoms with E-state index in [0.29, 0.717) is 19.4 Å². The molecule has 5 heteroatoms. The number of rotatable bonds is 51. The average Bonchev–Trinajstić information content (AvgIpc) is 3.36. The molecule has 0 heterocycles. The first-order chi connectivity index (χ1) is 34.6. The van der Waals surface area contributed by atoms with Crippen LogP contribution in [0.1, 0.15) is 239 Å². The quantitative estimate of drug-likeness (QED) is 0.0345. The summed E-state index contributed by atoms with van der Waals surface area (Å²) in [6, 6.07) is 0. The highest BCUT2D eigenvalue weighted by Gasteiger charge is 2.17. The van der Waals surface area contributed by atoms with E-state index in [4.69, 9.17) is 14.2 Å². The number of unbranched alkanes of at least 4 members (excludes halogenated alkanes) is 18. The van der Waals surface area contributed by atoms with Gasteiger partial charge in [-0.3, -0.25) is 9.59 Å². The average molecular weight is 968 g/mol. The Kier molecular flexibility index (Phi) is 56.0. The van der Waals surface area contributed by atoms with Gasteiger partial charge in [0.05, 0.1) is 6.61 Å². The molecule has 0 rings (SSSR count). The fourth-order valence-corrected chi connectivity index (χ4v) is 7.44. The third-order valence-electron chi connectivity index (χ3n) is 11.7. The highest BCUT2D eigenvalue weighted by molar-refractivity contribution is 5.70. The van der Waals surface area contributed by atoms with Gasteiger partial charge < -0.3 is 14.2 Å². The topological polar surface area (TPSA) is 61.8 Å². The molecule has 0 saturated heterocycles. The molecule has 0 aromatic rings. The van der Waals surface area contributed by atoms with Crippen LogP contribution in [0.25, 0.3) is 0 Å². The number of carbonyl (C=O) groups is 2. The lowest BCUT2D eigenvalue weighted by atomic mass is 10.1. The molecule has 0 aromatic heterocycles. The second-order valence-corrected chi connectivity index (χ2v) is 18.4. The Balaban J connectivity index is 4.41. The van der Waals surface area contributed by atoms with Crippen LogP contribution in [0.15, 0.2) is 134 Å². The Morgan fingerprint density at radius 3 is 1.04 bits per heavy atom. The number of hydrogen-bond acceptors (Lipinski definition) is 5. The lowest BCUT2D eigenvalue weighted by Crippen LogP contribution is -2.30. The highest BCUT2D eigenvalue weighted by atomic mass is 16.6. The fourth-order valence-electron chi connectivity index (χ4n) is 7.44. The molecule has 0 fully saturated rings. The first-order valence-corrected chi connectivity index (χ1v) is 28.7. The zero-order valence-corrected chi connectivity index (χ0v) is 45.5. The smallest absolute Gasteiger partial charge is 0.306 e. The number of ether oxygens (including phenoxy) is 3. The Morgan fingerprint density at radius 1 is 0.329 bits per heavy atom. The zero-order valence-electron chi connectivity index (χ0n) is 45.5. The molecule has 1 unspecified atom stereocenters. The molecule has 0 spiro atoms. The molecule has 1 atom stereocenters. The van der Waals surface area contributed by atoms with Crippen molar-refractivity contribution in [1.82, 2.24) is 0 Å². The molecule has 0 N–H and O–H groups in total. The van der Waals surface area contributed by atoms with Crippen LogP contribution in [0.4, 0.5) is 0 Å². The minimum atomic E-state index is -0.574. The first-order valence-electron chi connectivity index (χ1n) is 28.7. The summed E-state index contributed by atoms with van der Waals surface area (Å²) in [6.07, 6.45) is 84.7. The Morgan fingerprint density at radius 2 is 0.643 bits per heavy atom. The Labute approximate surface area is 432 Å². The summed E-state index contributed by atoms with van der Waals surface area (Å²) in [6.45, 7) is 7.49. The van der Waals surface area contributed by atoms with Crippen molar-refractivity contribution in [3.8, 4) is 0 Å². The van der Waals surface area contributed by atoms with Gasteiger partial charge in [-0.2, -0.15) is 0 Å². The number of allylic oxidation sites excluding steroid dienone is 22. The van der Waals surface area contributed by atoms with Gasteiger partial charge in [0.15, 0.2) is 6.10 Å². The Hall–Kier alpha value is -3.96. The van der Waals surface area contributed by atoms with E-state index in [-0.39, 0.29) is 25.2 Å². The van der Waals surface area contributed by atoms with Crippen LogP contribution in [0.3, 0.4) is 0 Å². The molecule has 0 aliphatic heterocycles. The zero-order chi connectivity index (χ0) is 50.6. The lowest BCUT2D eigenvalue weighted by molar-refractivity contribution is -0.163. The summed E-state index contributed by atoms with van der Waals surface area (Å²) in [7, 11) is 0. The normalized spacial score (nSPS) is 13.2. The largest absolute Gasteiger partial charge is 0.462 e. The number of hydrogen-bond donors (Lipinski definition) is 0. The molecule has 0 amide bonds. The maximum atomic E-state index is 12.9. The van der Waals surface area contributed by atoms with Gasteiger partial charge in [-0.15, -0.1) is 0 Å². The van der Waals surface area contributed by atoms with Gasteiger partial charge in [0.25, 0.3) is 0 Å². The van der Waals surface area contributed by atoms with Crippen LogP contribution in [-0.2, 0) is 23.8 Å². The van der Waals surface area contributed by atoms with Crippen molar-refractivity contribution in [2.24, 2.45) is 0 Å². The van der Waals surface area contributed by atoms with Crippen molar-refractivity contribution >= 4 is 11.9 Å². The molecular weight excluding hydrogens is 861 g/mol. The molecule has 396 valence electrons. The second kappa shape index (κ2) is 59.3. The van der Waals surface area contributed by atoms with E-state index in [1.807, 2.05) is 0 Å². The summed E-state index contributed by atoms with van der Waals surface area (Å²) in [5.41, 5.74) is 0. The van der Waals surface area contributed by atoms with Crippen molar-refractivity contribution in [2.45, 2.75) is 245 Å². The van der Waals surface area contributed by atoms with Crippen molar-refractivity contribution in [2.75, 3.05) is 19.8 Å². The van der Waals surface area contributed by atoms with Gasteiger partial charge in [-0.25, -0.2) is 0 Å². The molecule has 0 radical (unpaired) electrons. The standard InChI is InChI=1S/C65H106O5/c1-4-7-10-13-16-19-22-25-28-30-32-34-36-39-42-45-48-51-54-57-60-68-61-63(70-65(67)59-56-53-50-47-44-41-37-27-24-21-18-15-12-9-6-3)62-69-64(66)58-55-52-49-46-43-40-38-35-33-31-29-26-23-20-17-14-11-8-5-2/h7-8,10-11,16-21,25-29,32-35,37,40,43,63H,4-6,9,12-15,22-24,30-31,36,38-39,41-42,44-62H2,1-3H3/b10-7-,11-8-,19-16-,20-17-,21-18-,28-25-,29-26-,34-32-,35-33-,37-27-,43-40-. The van der Waals surface area contributed by atoms with Crippen molar-refractivity contribution in [3.63, 3.8) is 0 Å². The third kappa shape index (κ3) is 56.6. The molecule has 70 heavy (non-hydrogen) atoms. The highest BCUT2D eigenvalue weighted by Crippen LogP contribution is 2.13. The molecule has 5 nitrogen and oxygen atoms in total. The van der Waals surface area contributed by atoms with Crippen LogP contribution in [0, 0.1) is 0 Å². The maximum Gasteiger partial charge on any atom is 0.306 e. The van der Waals surface area contributed by atoms with Gasteiger partial charge in [0.1, 0.15) is 6.61 Å². The summed E-state index contributed by atoms with van der Waals surface area (Å²) < 4.78 is 17.4. The van der Waals surface area contributed by atoms with Crippen LogP contribution >= 0.6 is 0 Å². The van der Waals surface area contributed by atoms with Crippen LogP contribution in [0.5, 0.6) is 0 Å². The van der Waals surface area contributed by atoms with Gasteiger partial charge in [-0.1, -0.05) is 225 Å². The molecule has 0 aromatic carbocycles. The van der Waals surface area contributed by atoms with Gasteiger partial charge >= 0.3 is 11.9 Å². The monoisotopic (exact) mass is 967 g/mol. The summed E-state index contributed by atoms with van der Waals surface area (Å²) in [5.74, 6) is -0.463. The molecule has 0 bridgehead atoms. The van der Waals surface area contributed by atoms with E-state index in [9.17, 15) is 9.59 Å². The van der Waals surface area contributed by atoms with E-state index < -0.39 is 6.10 Å². The van der Waals surface area contributed by atoms with Crippen molar-refractivity contribution in [3.05, 3.63) is 134 Å². The van der Waals surface area contributed by atoms with Crippen LogP contribution in [0.2, 0.25) is 0 Å². The maximum absolute atomic E-state index is 12.9. The third-order valence-corrected chi connectivity index (χ3v) is 11.7. The van der Waals surface area contributed by atoms with Crippen molar-refractivity contribution < 1.29 is 23.8 Å². The van der Waals surface area contributed by atoms with E-state index in [1.165, 1.54) is 70.6 Å². The van der Waals surface area contributed by atoms with Gasteiger partial charge in [0.2, 0.25) is 0 Å². The van der Waals surface area contributed by atoms with E-state index >= 15 is 0 Å². The van der Waals surface area contributed by atoms with Gasteiger partial charge in [-0.05, 0) is 135 Å². The molecule has 0 saturated carbocycles. The first kappa shape index (κ1) is 66.0. The number of carbonyl (C=O) groups excluding carboxylic acids is 2. The van der Waals surface area contributed by atoms with Crippen molar-refractivity contribution in [1.29, 1.82) is 0 Å². The van der Waals surface area contributed by atoms with E-state index in [0.717, 1.165) is 135 Å². The predicted octanol–water partition coefficient (Wildman–Crippen LogP) is 19.9. The second-order valence-electron chi connectivity index (χ2n) is 18.4. The minimum Gasteiger partial charge on any atom is -0.462 e.